The molecule has 1 unspecified atom stereocenters. The summed E-state index contributed by atoms with van der Waals surface area (Å²) in [7, 11) is 0. The van der Waals surface area contributed by atoms with Crippen LogP contribution >= 0.6 is 0 Å². The summed E-state index contributed by atoms with van der Waals surface area (Å²) < 4.78 is 7.32. The predicted molar refractivity (Wildman–Crippen MR) is 92.0 cm³/mol. The second-order valence-corrected chi connectivity index (χ2v) is 7.06. The zero-order valence-electron chi connectivity index (χ0n) is 14.9. The van der Waals surface area contributed by atoms with Gasteiger partial charge in [-0.1, -0.05) is 5.16 Å². The lowest BCUT2D eigenvalue weighted by atomic mass is 10.0. The Morgan fingerprint density at radius 3 is 2.80 bits per heavy atom. The lowest BCUT2D eigenvalue weighted by Crippen LogP contribution is -2.50. The van der Waals surface area contributed by atoms with Crippen molar-refractivity contribution >= 4 is 5.91 Å². The summed E-state index contributed by atoms with van der Waals surface area (Å²) in [6.07, 6.45) is 6.69. The van der Waals surface area contributed by atoms with Crippen molar-refractivity contribution in [2.45, 2.75) is 45.7 Å². The Balaban J connectivity index is 1.37. The summed E-state index contributed by atoms with van der Waals surface area (Å²) in [4.78, 5) is 21.7. The number of piperazine rings is 1. The minimum absolute atomic E-state index is 0.0691. The molecule has 2 aromatic rings. The van der Waals surface area contributed by atoms with Crippen molar-refractivity contribution in [2.24, 2.45) is 0 Å². The van der Waals surface area contributed by atoms with Crippen LogP contribution in [0.15, 0.2) is 16.9 Å². The van der Waals surface area contributed by atoms with E-state index in [0.717, 1.165) is 69.3 Å². The fraction of sp³-hybridized carbons (Fsp3) is 0.611. The number of carbonyl (C=O) groups excluding carboxylic acids is 1. The number of fused-ring (bicyclic) bond motifs is 1. The minimum Gasteiger partial charge on any atom is -0.361 e. The van der Waals surface area contributed by atoms with Crippen molar-refractivity contribution in [3.05, 3.63) is 35.2 Å². The fourth-order valence-corrected chi connectivity index (χ4v) is 3.94. The van der Waals surface area contributed by atoms with E-state index in [1.165, 1.54) is 5.56 Å². The quantitative estimate of drug-likeness (QED) is 0.849. The van der Waals surface area contributed by atoms with E-state index in [1.54, 1.807) is 0 Å². The Morgan fingerprint density at radius 1 is 1.28 bits per heavy atom. The van der Waals surface area contributed by atoms with E-state index in [4.69, 9.17) is 4.52 Å². The number of aromatic nitrogens is 3. The van der Waals surface area contributed by atoms with E-state index in [2.05, 4.69) is 19.6 Å². The normalized spacial score (nSPS) is 21.4. The third-order valence-electron chi connectivity index (χ3n) is 5.49. The molecular formula is C18H25N5O2. The average Bonchev–Trinajstić information content (AvgIpc) is 3.23. The second kappa shape index (κ2) is 6.63. The molecule has 1 amide bonds. The Bertz CT molecular complexity index is 738. The lowest BCUT2D eigenvalue weighted by Gasteiger charge is -2.37. The van der Waals surface area contributed by atoms with E-state index in [1.807, 2.05) is 31.1 Å². The number of amides is 1. The van der Waals surface area contributed by atoms with Gasteiger partial charge in [0, 0.05) is 57.1 Å². The van der Waals surface area contributed by atoms with E-state index in [0.29, 0.717) is 0 Å². The highest BCUT2D eigenvalue weighted by Gasteiger charge is 2.31. The topological polar surface area (TPSA) is 67.4 Å². The van der Waals surface area contributed by atoms with E-state index >= 15 is 0 Å². The van der Waals surface area contributed by atoms with Gasteiger partial charge in [0.25, 0.3) is 0 Å². The van der Waals surface area contributed by atoms with Gasteiger partial charge in [0.1, 0.15) is 17.6 Å². The summed E-state index contributed by atoms with van der Waals surface area (Å²) in [6, 6.07) is -0.0691. The van der Waals surface area contributed by atoms with Crippen molar-refractivity contribution in [3.8, 4) is 0 Å². The van der Waals surface area contributed by atoms with E-state index < -0.39 is 0 Å². The summed E-state index contributed by atoms with van der Waals surface area (Å²) in [5, 5.41) is 4.03. The standard InChI is InChI=1S/C18H25N5O2/c1-13-15(14(2)25-20-13)12-21-8-10-22(11-9-21)18(24)16-4-3-5-17-19-6-7-23(16)17/h6-7,16H,3-5,8-12H2,1-2H3. The molecule has 7 heteroatoms. The maximum absolute atomic E-state index is 13.0. The largest absolute Gasteiger partial charge is 0.361 e. The number of imidazole rings is 1. The molecule has 2 aromatic heterocycles. The average molecular weight is 343 g/mol. The highest BCUT2D eigenvalue weighted by molar-refractivity contribution is 5.80. The van der Waals surface area contributed by atoms with Gasteiger partial charge in [0.15, 0.2) is 0 Å². The van der Waals surface area contributed by atoms with Gasteiger partial charge in [-0.25, -0.2) is 4.98 Å². The monoisotopic (exact) mass is 343 g/mol. The van der Waals surface area contributed by atoms with E-state index in [9.17, 15) is 4.79 Å². The van der Waals surface area contributed by atoms with Crippen molar-refractivity contribution in [1.29, 1.82) is 0 Å². The Labute approximate surface area is 147 Å². The Hall–Kier alpha value is -2.15. The molecule has 2 aliphatic rings. The maximum Gasteiger partial charge on any atom is 0.245 e. The van der Waals surface area contributed by atoms with Crippen LogP contribution < -0.4 is 0 Å². The molecule has 0 saturated carbocycles. The van der Waals surface area contributed by atoms with Gasteiger partial charge < -0.3 is 14.0 Å². The number of nitrogens with zero attached hydrogens (tertiary/aromatic N) is 5. The van der Waals surface area contributed by atoms with Crippen LogP contribution in [0.1, 0.15) is 41.7 Å². The molecule has 0 radical (unpaired) electrons. The fourth-order valence-electron chi connectivity index (χ4n) is 3.94. The summed E-state index contributed by atoms with van der Waals surface area (Å²) in [5.41, 5.74) is 2.14. The molecular weight excluding hydrogens is 318 g/mol. The molecule has 0 aromatic carbocycles. The molecule has 2 aliphatic heterocycles. The molecule has 7 nitrogen and oxygen atoms in total. The van der Waals surface area contributed by atoms with Crippen molar-refractivity contribution < 1.29 is 9.32 Å². The van der Waals surface area contributed by atoms with Crippen LogP contribution in [0.25, 0.3) is 0 Å². The number of aryl methyl sites for hydroxylation is 3. The molecule has 1 saturated heterocycles. The lowest BCUT2D eigenvalue weighted by molar-refractivity contribution is -0.137. The Morgan fingerprint density at radius 2 is 2.08 bits per heavy atom. The highest BCUT2D eigenvalue weighted by Crippen LogP contribution is 2.26. The first kappa shape index (κ1) is 16.3. The van der Waals surface area contributed by atoms with E-state index in [-0.39, 0.29) is 11.9 Å². The summed E-state index contributed by atoms with van der Waals surface area (Å²) >= 11 is 0. The van der Waals surface area contributed by atoms with Gasteiger partial charge in [-0.15, -0.1) is 0 Å². The molecule has 1 atom stereocenters. The van der Waals surface area contributed by atoms with Gasteiger partial charge in [0.05, 0.1) is 5.69 Å². The molecule has 0 bridgehead atoms. The SMILES string of the molecule is Cc1noc(C)c1CN1CCN(C(=O)C2CCCc3nccn32)CC1. The van der Waals surface area contributed by atoms with Crippen LogP contribution in [0, 0.1) is 13.8 Å². The molecule has 0 N–H and O–H groups in total. The molecule has 0 aliphatic carbocycles. The first-order chi connectivity index (χ1) is 12.1. The van der Waals surface area contributed by atoms with Gasteiger partial charge in [0.2, 0.25) is 5.91 Å². The smallest absolute Gasteiger partial charge is 0.245 e. The number of carbonyl (C=O) groups is 1. The summed E-state index contributed by atoms with van der Waals surface area (Å²) in [6.45, 7) is 8.13. The molecule has 1 fully saturated rings. The molecule has 0 spiro atoms. The number of hydrogen-bond donors (Lipinski definition) is 0. The third-order valence-corrected chi connectivity index (χ3v) is 5.49. The van der Waals surface area contributed by atoms with Crippen LogP contribution in [0.2, 0.25) is 0 Å². The van der Waals surface area contributed by atoms with Gasteiger partial charge in [-0.3, -0.25) is 9.69 Å². The van der Waals surface area contributed by atoms with Crippen LogP contribution in [0.5, 0.6) is 0 Å². The zero-order valence-corrected chi connectivity index (χ0v) is 14.9. The maximum atomic E-state index is 13.0. The molecule has 4 heterocycles. The third kappa shape index (κ3) is 3.08. The van der Waals surface area contributed by atoms with Crippen LogP contribution in [-0.4, -0.2) is 56.6 Å². The number of hydrogen-bond acceptors (Lipinski definition) is 5. The predicted octanol–water partition coefficient (Wildman–Crippen LogP) is 1.71. The van der Waals surface area contributed by atoms with Crippen molar-refractivity contribution in [3.63, 3.8) is 0 Å². The molecule has 134 valence electrons. The molecule has 25 heavy (non-hydrogen) atoms. The first-order valence-electron chi connectivity index (χ1n) is 9.08. The van der Waals surface area contributed by atoms with Gasteiger partial charge in [-0.05, 0) is 26.7 Å². The van der Waals surface area contributed by atoms with Crippen molar-refractivity contribution in [1.82, 2.24) is 24.5 Å². The Kier molecular flexibility index (Phi) is 4.33. The van der Waals surface area contributed by atoms with Gasteiger partial charge >= 0.3 is 0 Å². The van der Waals surface area contributed by atoms with Gasteiger partial charge in [-0.2, -0.15) is 0 Å². The highest BCUT2D eigenvalue weighted by atomic mass is 16.5. The molecule has 4 rings (SSSR count). The number of rotatable bonds is 3. The van der Waals surface area contributed by atoms with Crippen LogP contribution in [0.4, 0.5) is 0 Å². The second-order valence-electron chi connectivity index (χ2n) is 7.06. The van der Waals surface area contributed by atoms with Crippen LogP contribution in [-0.2, 0) is 17.8 Å². The van der Waals surface area contributed by atoms with Crippen molar-refractivity contribution in [2.75, 3.05) is 26.2 Å². The first-order valence-corrected chi connectivity index (χ1v) is 9.08. The van der Waals surface area contributed by atoms with Crippen LogP contribution in [0.3, 0.4) is 0 Å². The summed E-state index contributed by atoms with van der Waals surface area (Å²) in [5.74, 6) is 2.18. The zero-order chi connectivity index (χ0) is 17.4. The minimum atomic E-state index is -0.0691.